The first-order valence-electron chi connectivity index (χ1n) is 8.02. The van der Waals surface area contributed by atoms with E-state index in [-0.39, 0.29) is 19.3 Å². The maximum absolute atomic E-state index is 12.4. The molecule has 0 atom stereocenters. The van der Waals surface area contributed by atoms with E-state index in [1.165, 1.54) is 0 Å². The van der Waals surface area contributed by atoms with Gasteiger partial charge in [0.05, 0.1) is 0 Å². The van der Waals surface area contributed by atoms with E-state index in [1.54, 1.807) is 4.90 Å². The van der Waals surface area contributed by atoms with Crippen LogP contribution in [-0.2, 0) is 11.3 Å². The molecule has 2 aromatic rings. The van der Waals surface area contributed by atoms with Gasteiger partial charge in [-0.2, -0.15) is 0 Å². The van der Waals surface area contributed by atoms with Crippen molar-refractivity contribution in [1.82, 2.24) is 4.90 Å². The summed E-state index contributed by atoms with van der Waals surface area (Å²) in [7, 11) is 0. The van der Waals surface area contributed by atoms with Crippen molar-refractivity contribution in [3.05, 3.63) is 53.6 Å². The van der Waals surface area contributed by atoms with Crippen LogP contribution in [0.1, 0.15) is 18.1 Å². The SMILES string of the molecule is CCN(Cc1ccc2c(c1)OCO2)C(=O)COc1ccccc1C. The van der Waals surface area contributed by atoms with E-state index in [2.05, 4.69) is 0 Å². The van der Waals surface area contributed by atoms with Crippen LogP contribution >= 0.6 is 0 Å². The molecule has 1 aliphatic heterocycles. The van der Waals surface area contributed by atoms with E-state index in [1.807, 2.05) is 56.3 Å². The summed E-state index contributed by atoms with van der Waals surface area (Å²) in [4.78, 5) is 14.2. The molecule has 1 aliphatic rings. The van der Waals surface area contributed by atoms with Crippen molar-refractivity contribution in [1.29, 1.82) is 0 Å². The van der Waals surface area contributed by atoms with Gasteiger partial charge in [0.2, 0.25) is 6.79 Å². The number of likely N-dealkylation sites (N-methyl/N-ethyl adjacent to an activating group) is 1. The monoisotopic (exact) mass is 327 g/mol. The molecule has 2 aromatic carbocycles. The molecule has 5 nitrogen and oxygen atoms in total. The zero-order chi connectivity index (χ0) is 16.9. The summed E-state index contributed by atoms with van der Waals surface area (Å²) in [5.41, 5.74) is 2.02. The lowest BCUT2D eigenvalue weighted by Gasteiger charge is -2.21. The van der Waals surface area contributed by atoms with Gasteiger partial charge in [0.25, 0.3) is 5.91 Å². The van der Waals surface area contributed by atoms with E-state index in [0.29, 0.717) is 13.1 Å². The van der Waals surface area contributed by atoms with Gasteiger partial charge in [0.1, 0.15) is 5.75 Å². The van der Waals surface area contributed by atoms with Crippen molar-refractivity contribution in [2.45, 2.75) is 20.4 Å². The standard InChI is InChI=1S/C19H21NO4/c1-3-20(11-15-8-9-17-18(10-15)24-13-23-17)19(21)12-22-16-7-5-4-6-14(16)2/h4-10H,3,11-13H2,1-2H3. The maximum atomic E-state index is 12.4. The lowest BCUT2D eigenvalue weighted by atomic mass is 10.2. The molecule has 5 heteroatoms. The first-order chi connectivity index (χ1) is 11.7. The minimum atomic E-state index is -0.0431. The lowest BCUT2D eigenvalue weighted by Crippen LogP contribution is -2.34. The molecule has 1 heterocycles. The molecule has 0 spiro atoms. The molecule has 3 rings (SSSR count). The normalized spacial score (nSPS) is 12.1. The van der Waals surface area contributed by atoms with Crippen LogP contribution in [0.2, 0.25) is 0 Å². The summed E-state index contributed by atoms with van der Waals surface area (Å²) in [6.45, 7) is 5.33. The van der Waals surface area contributed by atoms with E-state index >= 15 is 0 Å². The smallest absolute Gasteiger partial charge is 0.260 e. The fourth-order valence-corrected chi connectivity index (χ4v) is 2.59. The Morgan fingerprint density at radius 1 is 1.17 bits per heavy atom. The number of amides is 1. The summed E-state index contributed by atoms with van der Waals surface area (Å²) in [5, 5.41) is 0. The van der Waals surface area contributed by atoms with Gasteiger partial charge in [-0.3, -0.25) is 4.79 Å². The highest BCUT2D eigenvalue weighted by Gasteiger charge is 2.17. The summed E-state index contributed by atoms with van der Waals surface area (Å²) in [6.07, 6.45) is 0. The largest absolute Gasteiger partial charge is 0.484 e. The van der Waals surface area contributed by atoms with Crippen LogP contribution in [0.5, 0.6) is 17.2 Å². The van der Waals surface area contributed by atoms with Gasteiger partial charge >= 0.3 is 0 Å². The number of benzene rings is 2. The number of aryl methyl sites for hydroxylation is 1. The molecule has 0 fully saturated rings. The molecule has 0 N–H and O–H groups in total. The second-order valence-corrected chi connectivity index (χ2v) is 5.65. The van der Waals surface area contributed by atoms with Crippen LogP contribution in [0, 0.1) is 6.92 Å². The molecule has 0 bridgehead atoms. The average Bonchev–Trinajstić information content (AvgIpc) is 3.06. The van der Waals surface area contributed by atoms with Gasteiger partial charge in [-0.25, -0.2) is 0 Å². The third-order valence-corrected chi connectivity index (χ3v) is 3.99. The second-order valence-electron chi connectivity index (χ2n) is 5.65. The van der Waals surface area contributed by atoms with Gasteiger partial charge in [0.15, 0.2) is 18.1 Å². The van der Waals surface area contributed by atoms with Crippen molar-refractivity contribution in [3.63, 3.8) is 0 Å². The summed E-state index contributed by atoms with van der Waals surface area (Å²) >= 11 is 0. The van der Waals surface area contributed by atoms with Gasteiger partial charge in [-0.1, -0.05) is 24.3 Å². The Balaban J connectivity index is 1.61. The highest BCUT2D eigenvalue weighted by Crippen LogP contribution is 2.32. The van der Waals surface area contributed by atoms with Crippen LogP contribution < -0.4 is 14.2 Å². The predicted octanol–water partition coefficient (Wildman–Crippen LogP) is 3.15. The molecular formula is C19H21NO4. The van der Waals surface area contributed by atoms with E-state index in [9.17, 15) is 4.79 Å². The molecule has 0 aromatic heterocycles. The van der Waals surface area contributed by atoms with Gasteiger partial charge < -0.3 is 19.1 Å². The third-order valence-electron chi connectivity index (χ3n) is 3.99. The predicted molar refractivity (Wildman–Crippen MR) is 90.3 cm³/mol. The molecule has 0 unspecified atom stereocenters. The molecule has 1 amide bonds. The Kier molecular flexibility index (Phi) is 4.89. The van der Waals surface area contributed by atoms with Crippen molar-refractivity contribution in [2.75, 3.05) is 19.9 Å². The maximum Gasteiger partial charge on any atom is 0.260 e. The van der Waals surface area contributed by atoms with E-state index < -0.39 is 0 Å². The second kappa shape index (κ2) is 7.25. The van der Waals surface area contributed by atoms with E-state index in [0.717, 1.165) is 28.4 Å². The van der Waals surface area contributed by atoms with E-state index in [4.69, 9.17) is 14.2 Å². The Morgan fingerprint density at radius 3 is 2.75 bits per heavy atom. The van der Waals surface area contributed by atoms with Crippen LogP contribution in [0.4, 0.5) is 0 Å². The zero-order valence-electron chi connectivity index (χ0n) is 14.0. The first kappa shape index (κ1) is 16.2. The fourth-order valence-electron chi connectivity index (χ4n) is 2.59. The van der Waals surface area contributed by atoms with Gasteiger partial charge in [0, 0.05) is 13.1 Å². The topological polar surface area (TPSA) is 48.0 Å². The number of carbonyl (C=O) groups is 1. The molecule has 0 radical (unpaired) electrons. The van der Waals surface area contributed by atoms with Gasteiger partial charge in [-0.15, -0.1) is 0 Å². The van der Waals surface area contributed by atoms with Crippen LogP contribution in [0.25, 0.3) is 0 Å². The Labute approximate surface area is 141 Å². The fraction of sp³-hybridized carbons (Fsp3) is 0.316. The Bertz CT molecular complexity index is 729. The lowest BCUT2D eigenvalue weighted by molar-refractivity contribution is -0.133. The quantitative estimate of drug-likeness (QED) is 0.818. The van der Waals surface area contributed by atoms with Crippen LogP contribution in [-0.4, -0.2) is 30.8 Å². The molecule has 24 heavy (non-hydrogen) atoms. The number of fused-ring (bicyclic) bond motifs is 1. The number of ether oxygens (including phenoxy) is 3. The number of nitrogens with zero attached hydrogens (tertiary/aromatic N) is 1. The molecule has 0 saturated heterocycles. The van der Waals surface area contributed by atoms with Crippen molar-refractivity contribution >= 4 is 5.91 Å². The Hall–Kier alpha value is -2.69. The summed E-state index contributed by atoms with van der Waals surface area (Å²) < 4.78 is 16.3. The summed E-state index contributed by atoms with van der Waals surface area (Å²) in [6, 6.07) is 13.4. The highest BCUT2D eigenvalue weighted by atomic mass is 16.7. The number of hydrogen-bond acceptors (Lipinski definition) is 4. The Morgan fingerprint density at radius 2 is 1.96 bits per heavy atom. The minimum absolute atomic E-state index is 0.0310. The van der Waals surface area contributed by atoms with Crippen LogP contribution in [0.15, 0.2) is 42.5 Å². The van der Waals surface area contributed by atoms with Crippen molar-refractivity contribution < 1.29 is 19.0 Å². The molecule has 0 aliphatic carbocycles. The highest BCUT2D eigenvalue weighted by molar-refractivity contribution is 5.77. The van der Waals surface area contributed by atoms with Crippen molar-refractivity contribution in [2.24, 2.45) is 0 Å². The zero-order valence-corrected chi connectivity index (χ0v) is 14.0. The van der Waals surface area contributed by atoms with Gasteiger partial charge in [-0.05, 0) is 43.2 Å². The first-order valence-corrected chi connectivity index (χ1v) is 8.02. The minimum Gasteiger partial charge on any atom is -0.484 e. The average molecular weight is 327 g/mol. The molecular weight excluding hydrogens is 306 g/mol. The number of rotatable bonds is 6. The molecule has 0 saturated carbocycles. The number of para-hydroxylation sites is 1. The van der Waals surface area contributed by atoms with Crippen LogP contribution in [0.3, 0.4) is 0 Å². The third kappa shape index (κ3) is 3.62. The molecule has 126 valence electrons. The van der Waals surface area contributed by atoms with Crippen molar-refractivity contribution in [3.8, 4) is 17.2 Å². The number of hydrogen-bond donors (Lipinski definition) is 0. The number of carbonyl (C=O) groups excluding carboxylic acids is 1. The summed E-state index contributed by atoms with van der Waals surface area (Å²) in [5.74, 6) is 2.17.